The average molecular weight is 175 g/mol. The summed E-state index contributed by atoms with van der Waals surface area (Å²) in [5, 5.41) is 0. The molecule has 1 radical (unpaired) electrons. The first kappa shape index (κ1) is 8.16. The van der Waals surface area contributed by atoms with Crippen LogP contribution < -0.4 is 0 Å². The van der Waals surface area contributed by atoms with Gasteiger partial charge in [-0.15, -0.1) is 0 Å². The Morgan fingerprint density at radius 3 is 1.91 bits per heavy atom. The van der Waals surface area contributed by atoms with Gasteiger partial charge in [-0.3, -0.25) is 0 Å². The molecule has 0 saturated carbocycles. The lowest BCUT2D eigenvalue weighted by Gasteiger charge is -1.92. The van der Waals surface area contributed by atoms with Crippen LogP contribution in [-0.2, 0) is 14.7 Å². The van der Waals surface area contributed by atoms with E-state index in [1.807, 2.05) is 0 Å². The first-order valence-electron chi connectivity index (χ1n) is 2.71. The highest BCUT2D eigenvalue weighted by Crippen LogP contribution is 2.08. The van der Waals surface area contributed by atoms with Crippen LogP contribution in [0.15, 0.2) is 29.2 Å². The summed E-state index contributed by atoms with van der Waals surface area (Å²) in [6.45, 7) is 0. The van der Waals surface area contributed by atoms with Gasteiger partial charge < -0.3 is 0 Å². The molecule has 11 heavy (non-hydrogen) atoms. The van der Waals surface area contributed by atoms with E-state index in [9.17, 15) is 17.4 Å². The molecule has 0 bridgehead atoms. The lowest BCUT2D eigenvalue weighted by molar-refractivity contribution is 0.414. The van der Waals surface area contributed by atoms with Crippen molar-refractivity contribution in [2.75, 3.05) is 0 Å². The van der Waals surface area contributed by atoms with Crippen LogP contribution in [0.2, 0.25) is 0 Å². The summed E-state index contributed by atoms with van der Waals surface area (Å²) < 4.78 is 43.0. The predicted octanol–water partition coefficient (Wildman–Crippen LogP) is 0.945. The van der Waals surface area contributed by atoms with Crippen LogP contribution in [0.3, 0.4) is 0 Å². The van der Waals surface area contributed by atoms with Crippen LogP contribution >= 0.6 is 0 Å². The zero-order valence-electron chi connectivity index (χ0n) is 5.32. The minimum atomic E-state index is -4.44. The second kappa shape index (κ2) is 2.60. The van der Waals surface area contributed by atoms with Crippen molar-refractivity contribution in [3.8, 4) is 0 Å². The maximum absolute atomic E-state index is 12.2. The molecule has 0 spiro atoms. The van der Waals surface area contributed by atoms with Crippen LogP contribution in [0, 0.1) is 5.82 Å². The molecule has 0 N–H and O–H groups in total. The SMILES string of the molecule is [O]S(=O)(=O)c1ccc(F)cc1. The number of hydrogen-bond donors (Lipinski definition) is 0. The molecule has 0 amide bonds. The average Bonchev–Trinajstić information content (AvgIpc) is 1.86. The standard InChI is InChI=1S/C6H4FO3S/c7-5-1-3-6(4-2-5)11(8,9)10/h1-4H. The molecule has 3 nitrogen and oxygen atoms in total. The fraction of sp³-hybridized carbons (Fsp3) is 0. The summed E-state index contributed by atoms with van der Waals surface area (Å²) >= 11 is 0. The Labute approximate surface area is 63.2 Å². The Hall–Kier alpha value is -0.940. The monoisotopic (exact) mass is 175 g/mol. The molecule has 0 aliphatic rings. The van der Waals surface area contributed by atoms with Crippen molar-refractivity contribution in [2.24, 2.45) is 0 Å². The summed E-state index contributed by atoms with van der Waals surface area (Å²) in [6.07, 6.45) is 0. The van der Waals surface area contributed by atoms with Gasteiger partial charge in [0.05, 0.1) is 4.90 Å². The lowest BCUT2D eigenvalue weighted by Crippen LogP contribution is -1.95. The number of halogens is 1. The van der Waals surface area contributed by atoms with Crippen molar-refractivity contribution in [3.63, 3.8) is 0 Å². The predicted molar refractivity (Wildman–Crippen MR) is 34.3 cm³/mol. The van der Waals surface area contributed by atoms with E-state index in [1.54, 1.807) is 0 Å². The molecule has 0 aromatic heterocycles. The maximum atomic E-state index is 12.2. The Morgan fingerprint density at radius 2 is 1.55 bits per heavy atom. The smallest absolute Gasteiger partial charge is 0.207 e. The highest BCUT2D eigenvalue weighted by molar-refractivity contribution is 7.85. The second-order valence-electron chi connectivity index (χ2n) is 1.91. The molecule has 0 heterocycles. The van der Waals surface area contributed by atoms with Crippen LogP contribution in [-0.4, -0.2) is 8.42 Å². The molecule has 0 atom stereocenters. The highest BCUT2D eigenvalue weighted by atomic mass is 32.2. The van der Waals surface area contributed by atoms with Crippen molar-refractivity contribution in [1.29, 1.82) is 0 Å². The van der Waals surface area contributed by atoms with Crippen LogP contribution in [0.25, 0.3) is 0 Å². The minimum Gasteiger partial charge on any atom is -0.207 e. The Kier molecular flexibility index (Phi) is 1.92. The van der Waals surface area contributed by atoms with Crippen molar-refractivity contribution in [3.05, 3.63) is 30.1 Å². The molecule has 0 aliphatic heterocycles. The fourth-order valence-corrected chi connectivity index (χ4v) is 1.07. The Morgan fingerprint density at radius 1 is 1.09 bits per heavy atom. The molecule has 1 rings (SSSR count). The van der Waals surface area contributed by atoms with Crippen molar-refractivity contribution < 1.29 is 17.4 Å². The van der Waals surface area contributed by atoms with E-state index in [2.05, 4.69) is 0 Å². The number of rotatable bonds is 1. The van der Waals surface area contributed by atoms with Crippen LogP contribution in [0.4, 0.5) is 4.39 Å². The fourth-order valence-electron chi connectivity index (χ4n) is 0.601. The molecular formula is C6H4FO3S. The third-order valence-corrected chi connectivity index (χ3v) is 1.95. The van der Waals surface area contributed by atoms with Crippen molar-refractivity contribution in [1.82, 2.24) is 0 Å². The maximum Gasteiger partial charge on any atom is 0.324 e. The molecule has 0 unspecified atom stereocenters. The zero-order valence-corrected chi connectivity index (χ0v) is 6.14. The van der Waals surface area contributed by atoms with Gasteiger partial charge in [0.15, 0.2) is 0 Å². The van der Waals surface area contributed by atoms with Crippen LogP contribution in [0.1, 0.15) is 0 Å². The summed E-state index contributed by atoms with van der Waals surface area (Å²) in [4.78, 5) is -0.418. The summed E-state index contributed by atoms with van der Waals surface area (Å²) in [5.41, 5.74) is 0. The topological polar surface area (TPSA) is 54.0 Å². The van der Waals surface area contributed by atoms with Crippen molar-refractivity contribution >= 4 is 10.1 Å². The van der Waals surface area contributed by atoms with E-state index >= 15 is 0 Å². The van der Waals surface area contributed by atoms with Gasteiger partial charge in [-0.1, -0.05) is 4.55 Å². The largest absolute Gasteiger partial charge is 0.324 e. The quantitative estimate of drug-likeness (QED) is 0.637. The first-order valence-corrected chi connectivity index (χ1v) is 4.12. The van der Waals surface area contributed by atoms with E-state index in [1.165, 1.54) is 0 Å². The molecule has 59 valence electrons. The summed E-state index contributed by atoms with van der Waals surface area (Å²) in [5.74, 6) is -0.572. The van der Waals surface area contributed by atoms with E-state index in [4.69, 9.17) is 0 Å². The molecule has 0 aliphatic carbocycles. The van der Waals surface area contributed by atoms with Gasteiger partial charge in [0.25, 0.3) is 0 Å². The van der Waals surface area contributed by atoms with Gasteiger partial charge >= 0.3 is 10.1 Å². The Balaban J connectivity index is 3.20. The van der Waals surface area contributed by atoms with E-state index in [-0.39, 0.29) is 0 Å². The normalized spacial score (nSPS) is 11.5. The second-order valence-corrected chi connectivity index (χ2v) is 3.29. The lowest BCUT2D eigenvalue weighted by atomic mass is 10.4. The van der Waals surface area contributed by atoms with E-state index in [0.717, 1.165) is 24.3 Å². The third kappa shape index (κ3) is 1.99. The number of hydrogen-bond acceptors (Lipinski definition) is 2. The van der Waals surface area contributed by atoms with Crippen LogP contribution in [0.5, 0.6) is 0 Å². The zero-order chi connectivity index (χ0) is 8.48. The molecule has 0 fully saturated rings. The molecule has 0 saturated heterocycles. The van der Waals surface area contributed by atoms with Gasteiger partial charge in [0.1, 0.15) is 5.82 Å². The third-order valence-electron chi connectivity index (χ3n) is 1.10. The van der Waals surface area contributed by atoms with E-state index < -0.39 is 20.8 Å². The molecular weight excluding hydrogens is 171 g/mol. The van der Waals surface area contributed by atoms with Gasteiger partial charge in [0, 0.05) is 0 Å². The first-order chi connectivity index (χ1) is 5.00. The van der Waals surface area contributed by atoms with Gasteiger partial charge in [0.2, 0.25) is 0 Å². The van der Waals surface area contributed by atoms with E-state index in [0.29, 0.717) is 0 Å². The van der Waals surface area contributed by atoms with Gasteiger partial charge in [-0.25, -0.2) is 4.39 Å². The van der Waals surface area contributed by atoms with Gasteiger partial charge in [-0.05, 0) is 24.3 Å². The van der Waals surface area contributed by atoms with Crippen molar-refractivity contribution in [2.45, 2.75) is 4.90 Å². The molecule has 5 heteroatoms. The summed E-state index contributed by atoms with van der Waals surface area (Å²) in [6, 6.07) is 3.70. The number of benzene rings is 1. The Bertz CT molecular complexity index is 341. The minimum absolute atomic E-state index is 0.418. The summed E-state index contributed by atoms with van der Waals surface area (Å²) in [7, 11) is -4.44. The molecule has 1 aromatic rings. The van der Waals surface area contributed by atoms with Gasteiger partial charge in [-0.2, -0.15) is 8.42 Å². The highest BCUT2D eigenvalue weighted by Gasteiger charge is 2.09. The molecule has 1 aromatic carbocycles.